The Morgan fingerprint density at radius 1 is 1.14 bits per heavy atom. The van der Waals surface area contributed by atoms with Crippen molar-refractivity contribution in [1.82, 2.24) is 0 Å². The van der Waals surface area contributed by atoms with Crippen molar-refractivity contribution in [3.05, 3.63) is 58.1 Å². The van der Waals surface area contributed by atoms with Crippen molar-refractivity contribution in [3.8, 4) is 11.5 Å². The van der Waals surface area contributed by atoms with E-state index < -0.39 is 11.8 Å². The molecular weight excluding hydrogens is 310 g/mol. The molecule has 2 rings (SSSR count). The molecule has 0 aliphatic rings. The second-order valence-corrected chi connectivity index (χ2v) is 5.04. The normalized spacial score (nSPS) is 11.8. The Morgan fingerprint density at radius 3 is 2.38 bits per heavy atom. The lowest BCUT2D eigenvalue weighted by Crippen LogP contribution is -2.19. The van der Waals surface area contributed by atoms with Crippen molar-refractivity contribution >= 4 is 37.0 Å². The quantitative estimate of drug-likeness (QED) is 0.488. The molecule has 0 aromatic heterocycles. The summed E-state index contributed by atoms with van der Waals surface area (Å²) in [6.07, 6.45) is 0. The van der Waals surface area contributed by atoms with Gasteiger partial charge >= 0.3 is 5.97 Å². The number of esters is 1. The fraction of sp³-hybridized carbons (Fsp3) is 0.133. The van der Waals surface area contributed by atoms with Crippen LogP contribution < -0.4 is 9.47 Å². The van der Waals surface area contributed by atoms with Crippen molar-refractivity contribution in [2.75, 3.05) is 7.11 Å². The van der Waals surface area contributed by atoms with Crippen LogP contribution in [0.1, 0.15) is 11.4 Å². The molecular formula is C15H11BCl2O3. The van der Waals surface area contributed by atoms with Crippen LogP contribution in [0.5, 0.6) is 11.5 Å². The smallest absolute Gasteiger partial charge is 0.309 e. The third-order valence-corrected chi connectivity index (χ3v) is 3.42. The molecule has 1 atom stereocenters. The molecule has 0 aliphatic heterocycles. The van der Waals surface area contributed by atoms with Gasteiger partial charge in [-0.15, -0.1) is 0 Å². The van der Waals surface area contributed by atoms with Gasteiger partial charge in [-0.1, -0.05) is 41.4 Å². The predicted molar refractivity (Wildman–Crippen MR) is 83.6 cm³/mol. The molecule has 2 aromatic rings. The lowest BCUT2D eigenvalue weighted by Gasteiger charge is -2.14. The molecule has 106 valence electrons. The number of hydrogen-bond donors (Lipinski definition) is 0. The average molecular weight is 321 g/mol. The molecule has 0 N–H and O–H groups in total. The standard InChI is InChI=1S/C15H11BCl2O3/c1-20-10-5-2-4-9(8-10)13(16)15(19)21-14-11(17)6-3-7-12(14)18/h2-8,13H,1H3. The molecule has 2 radical (unpaired) electrons. The minimum absolute atomic E-state index is 0.101. The number of halogens is 2. The van der Waals surface area contributed by atoms with Gasteiger partial charge < -0.3 is 9.47 Å². The Bertz CT molecular complexity index is 641. The number of rotatable bonds is 4. The van der Waals surface area contributed by atoms with E-state index in [1.165, 1.54) is 7.11 Å². The number of carbonyl (C=O) groups excluding carboxylic acids is 1. The van der Waals surface area contributed by atoms with Gasteiger partial charge in [0.2, 0.25) is 0 Å². The number of methoxy groups -OCH3 is 1. The van der Waals surface area contributed by atoms with E-state index in [0.29, 0.717) is 11.3 Å². The summed E-state index contributed by atoms with van der Waals surface area (Å²) in [6, 6.07) is 11.7. The number of carbonyl (C=O) groups is 1. The Kier molecular flexibility index (Phi) is 5.15. The number of benzene rings is 2. The zero-order chi connectivity index (χ0) is 15.4. The van der Waals surface area contributed by atoms with Crippen molar-refractivity contribution in [1.29, 1.82) is 0 Å². The van der Waals surface area contributed by atoms with Gasteiger partial charge in [0.25, 0.3) is 0 Å². The summed E-state index contributed by atoms with van der Waals surface area (Å²) in [4.78, 5) is 12.1. The fourth-order valence-corrected chi connectivity index (χ4v) is 2.19. The van der Waals surface area contributed by atoms with E-state index in [1.54, 1.807) is 42.5 Å². The largest absolute Gasteiger partial charge is 0.497 e. The molecule has 1 unspecified atom stereocenters. The number of para-hydroxylation sites is 1. The molecule has 0 fully saturated rings. The summed E-state index contributed by atoms with van der Waals surface area (Å²) in [6.45, 7) is 0. The summed E-state index contributed by atoms with van der Waals surface area (Å²) in [5.74, 6) is -0.915. The van der Waals surface area contributed by atoms with Crippen LogP contribution in [0.2, 0.25) is 10.0 Å². The summed E-state index contributed by atoms with van der Waals surface area (Å²) in [7, 11) is 7.43. The maximum absolute atomic E-state index is 12.1. The van der Waals surface area contributed by atoms with Crippen LogP contribution >= 0.6 is 23.2 Å². The SMILES string of the molecule is [B]C(C(=O)Oc1c(Cl)cccc1Cl)c1cccc(OC)c1. The minimum Gasteiger partial charge on any atom is -0.497 e. The monoisotopic (exact) mass is 320 g/mol. The summed E-state index contributed by atoms with van der Waals surface area (Å²) < 4.78 is 10.3. The van der Waals surface area contributed by atoms with Crippen LogP contribution in [0.15, 0.2) is 42.5 Å². The van der Waals surface area contributed by atoms with E-state index >= 15 is 0 Å². The van der Waals surface area contributed by atoms with Crippen LogP contribution in [0.25, 0.3) is 0 Å². The maximum atomic E-state index is 12.1. The highest BCUT2D eigenvalue weighted by molar-refractivity contribution is 6.37. The van der Waals surface area contributed by atoms with Gasteiger partial charge in [0, 0.05) is 5.82 Å². The van der Waals surface area contributed by atoms with Gasteiger partial charge in [0.15, 0.2) is 5.75 Å². The van der Waals surface area contributed by atoms with E-state index in [0.717, 1.165) is 0 Å². The first kappa shape index (κ1) is 15.7. The number of hydrogen-bond acceptors (Lipinski definition) is 3. The Morgan fingerprint density at radius 2 is 1.76 bits per heavy atom. The molecule has 2 aromatic carbocycles. The first-order valence-electron chi connectivity index (χ1n) is 6.08. The van der Waals surface area contributed by atoms with Gasteiger partial charge in [-0.2, -0.15) is 0 Å². The third-order valence-electron chi connectivity index (χ3n) is 2.83. The van der Waals surface area contributed by atoms with Gasteiger partial charge in [0.05, 0.1) is 25.0 Å². The van der Waals surface area contributed by atoms with E-state index in [1.807, 2.05) is 0 Å². The molecule has 3 nitrogen and oxygen atoms in total. The predicted octanol–water partition coefficient (Wildman–Crippen LogP) is 3.82. The van der Waals surface area contributed by atoms with Crippen molar-refractivity contribution < 1.29 is 14.3 Å². The van der Waals surface area contributed by atoms with Gasteiger partial charge in [-0.05, 0) is 29.8 Å². The topological polar surface area (TPSA) is 35.5 Å². The van der Waals surface area contributed by atoms with Crippen LogP contribution in [0, 0.1) is 0 Å². The zero-order valence-corrected chi connectivity index (χ0v) is 12.7. The van der Waals surface area contributed by atoms with E-state index in [4.69, 9.17) is 40.5 Å². The first-order valence-corrected chi connectivity index (χ1v) is 6.83. The van der Waals surface area contributed by atoms with Crippen LogP contribution in [0.4, 0.5) is 0 Å². The Labute approximate surface area is 134 Å². The van der Waals surface area contributed by atoms with E-state index in [2.05, 4.69) is 0 Å². The first-order chi connectivity index (χ1) is 10.0. The van der Waals surface area contributed by atoms with Crippen molar-refractivity contribution in [3.63, 3.8) is 0 Å². The summed E-state index contributed by atoms with van der Waals surface area (Å²) in [5, 5.41) is 0.488. The molecule has 0 saturated carbocycles. The molecule has 0 amide bonds. The van der Waals surface area contributed by atoms with Gasteiger partial charge in [0.1, 0.15) is 5.75 Å². The highest BCUT2D eigenvalue weighted by Crippen LogP contribution is 2.33. The lowest BCUT2D eigenvalue weighted by molar-refractivity contribution is -0.134. The molecule has 21 heavy (non-hydrogen) atoms. The number of ether oxygens (including phenoxy) is 2. The van der Waals surface area contributed by atoms with Gasteiger partial charge in [-0.25, -0.2) is 0 Å². The third kappa shape index (κ3) is 3.71. The lowest BCUT2D eigenvalue weighted by atomic mass is 9.81. The van der Waals surface area contributed by atoms with Crippen LogP contribution in [-0.4, -0.2) is 20.9 Å². The van der Waals surface area contributed by atoms with Gasteiger partial charge in [-0.3, -0.25) is 4.79 Å². The molecule has 0 saturated heterocycles. The molecule has 0 spiro atoms. The van der Waals surface area contributed by atoms with Crippen molar-refractivity contribution in [2.24, 2.45) is 0 Å². The second-order valence-electron chi connectivity index (χ2n) is 4.23. The Hall–Kier alpha value is -1.65. The fourth-order valence-electron chi connectivity index (χ4n) is 1.72. The van der Waals surface area contributed by atoms with Crippen LogP contribution in [-0.2, 0) is 4.79 Å². The van der Waals surface area contributed by atoms with Crippen molar-refractivity contribution in [2.45, 2.75) is 5.82 Å². The molecule has 0 bridgehead atoms. The van der Waals surface area contributed by atoms with Crippen LogP contribution in [0.3, 0.4) is 0 Å². The zero-order valence-electron chi connectivity index (χ0n) is 11.2. The maximum Gasteiger partial charge on any atom is 0.309 e. The Balaban J connectivity index is 2.19. The minimum atomic E-state index is -0.965. The molecule has 0 aliphatic carbocycles. The van der Waals surface area contributed by atoms with E-state index in [-0.39, 0.29) is 15.8 Å². The summed E-state index contributed by atoms with van der Waals surface area (Å²) in [5.41, 5.74) is 0.572. The molecule has 6 heteroatoms. The highest BCUT2D eigenvalue weighted by Gasteiger charge is 2.20. The summed E-state index contributed by atoms with van der Waals surface area (Å²) >= 11 is 11.9. The average Bonchev–Trinajstić information content (AvgIpc) is 2.50. The molecule has 0 heterocycles. The second kappa shape index (κ2) is 6.88. The van der Waals surface area contributed by atoms with E-state index in [9.17, 15) is 4.79 Å². The highest BCUT2D eigenvalue weighted by atomic mass is 35.5.